The summed E-state index contributed by atoms with van der Waals surface area (Å²) < 4.78 is 14.0. The van der Waals surface area contributed by atoms with Gasteiger partial charge < -0.3 is 15.5 Å². The van der Waals surface area contributed by atoms with Crippen molar-refractivity contribution in [2.75, 3.05) is 14.1 Å². The molecule has 1 aromatic rings. The minimum atomic E-state index is -0.583. The Kier molecular flexibility index (Phi) is 4.04. The minimum absolute atomic E-state index is 0.182. The van der Waals surface area contributed by atoms with Crippen LogP contribution in [-0.4, -0.2) is 30.0 Å². The molecular formula is C14H16FN3OS. The SMILES string of the molecule is CC1=C(C(=O)N(C)C)C(c2ccccc2F)NC(=S)N1. The Hall–Kier alpha value is -1.95. The first-order valence-corrected chi connectivity index (χ1v) is 6.57. The maximum absolute atomic E-state index is 14.0. The number of nitrogens with zero attached hydrogens (tertiary/aromatic N) is 1. The predicted octanol–water partition coefficient (Wildman–Crippen LogP) is 1.71. The van der Waals surface area contributed by atoms with E-state index in [-0.39, 0.29) is 11.7 Å². The van der Waals surface area contributed by atoms with E-state index in [0.717, 1.165) is 0 Å². The molecule has 1 atom stereocenters. The Labute approximate surface area is 122 Å². The van der Waals surface area contributed by atoms with Crippen LogP contribution in [0.2, 0.25) is 0 Å². The van der Waals surface area contributed by atoms with E-state index in [1.54, 1.807) is 39.2 Å². The second kappa shape index (κ2) is 5.58. The second-order valence-electron chi connectivity index (χ2n) is 4.79. The molecule has 0 spiro atoms. The van der Waals surface area contributed by atoms with Crippen molar-refractivity contribution in [1.29, 1.82) is 0 Å². The highest BCUT2D eigenvalue weighted by atomic mass is 32.1. The number of allylic oxidation sites excluding steroid dienone is 1. The molecule has 1 amide bonds. The summed E-state index contributed by atoms with van der Waals surface area (Å²) >= 11 is 5.10. The highest BCUT2D eigenvalue weighted by Gasteiger charge is 2.32. The van der Waals surface area contributed by atoms with Gasteiger partial charge in [-0.15, -0.1) is 0 Å². The third kappa shape index (κ3) is 2.65. The minimum Gasteiger partial charge on any atom is -0.351 e. The van der Waals surface area contributed by atoms with Gasteiger partial charge in [-0.2, -0.15) is 0 Å². The monoisotopic (exact) mass is 293 g/mol. The summed E-state index contributed by atoms with van der Waals surface area (Å²) in [5, 5.41) is 6.26. The van der Waals surface area contributed by atoms with E-state index in [0.29, 0.717) is 21.9 Å². The van der Waals surface area contributed by atoms with Gasteiger partial charge in [0.15, 0.2) is 5.11 Å². The van der Waals surface area contributed by atoms with Crippen LogP contribution in [0.25, 0.3) is 0 Å². The Bertz CT molecular complexity index is 598. The average Bonchev–Trinajstić information content (AvgIpc) is 2.37. The van der Waals surface area contributed by atoms with Gasteiger partial charge in [-0.1, -0.05) is 18.2 Å². The lowest BCUT2D eigenvalue weighted by atomic mass is 9.94. The molecule has 106 valence electrons. The van der Waals surface area contributed by atoms with Crippen molar-refractivity contribution >= 4 is 23.2 Å². The summed E-state index contributed by atoms with van der Waals surface area (Å²) in [6, 6.07) is 5.78. The fourth-order valence-electron chi connectivity index (χ4n) is 2.16. The molecule has 1 aliphatic heterocycles. The van der Waals surface area contributed by atoms with E-state index in [9.17, 15) is 9.18 Å². The number of nitrogens with one attached hydrogen (secondary N) is 2. The Morgan fingerprint density at radius 2 is 2.00 bits per heavy atom. The third-order valence-electron chi connectivity index (χ3n) is 3.12. The Morgan fingerprint density at radius 3 is 2.60 bits per heavy atom. The first kappa shape index (κ1) is 14.5. The van der Waals surface area contributed by atoms with Crippen LogP contribution in [0.15, 0.2) is 35.5 Å². The van der Waals surface area contributed by atoms with Crippen molar-refractivity contribution in [2.24, 2.45) is 0 Å². The molecule has 6 heteroatoms. The fourth-order valence-corrected chi connectivity index (χ4v) is 2.43. The van der Waals surface area contributed by atoms with Gasteiger partial charge in [0.2, 0.25) is 0 Å². The molecule has 0 aromatic heterocycles. The first-order chi connectivity index (χ1) is 9.41. The predicted molar refractivity (Wildman–Crippen MR) is 79.4 cm³/mol. The number of hydrogen-bond acceptors (Lipinski definition) is 2. The van der Waals surface area contributed by atoms with Crippen LogP contribution in [0.5, 0.6) is 0 Å². The van der Waals surface area contributed by atoms with E-state index >= 15 is 0 Å². The Morgan fingerprint density at radius 1 is 1.35 bits per heavy atom. The molecule has 20 heavy (non-hydrogen) atoms. The average molecular weight is 293 g/mol. The van der Waals surface area contributed by atoms with Crippen molar-refractivity contribution in [3.63, 3.8) is 0 Å². The van der Waals surface area contributed by atoms with Crippen molar-refractivity contribution in [3.8, 4) is 0 Å². The smallest absolute Gasteiger partial charge is 0.253 e. The maximum Gasteiger partial charge on any atom is 0.253 e. The Balaban J connectivity index is 2.54. The molecule has 0 fully saturated rings. The molecule has 2 rings (SSSR count). The van der Waals surface area contributed by atoms with Gasteiger partial charge in [-0.05, 0) is 25.2 Å². The summed E-state index contributed by atoms with van der Waals surface area (Å²) in [6.45, 7) is 1.76. The van der Waals surface area contributed by atoms with Crippen LogP contribution in [0.1, 0.15) is 18.5 Å². The van der Waals surface area contributed by atoms with Gasteiger partial charge in [0.1, 0.15) is 5.82 Å². The highest BCUT2D eigenvalue weighted by Crippen LogP contribution is 2.29. The highest BCUT2D eigenvalue weighted by molar-refractivity contribution is 7.80. The normalized spacial score (nSPS) is 18.4. The lowest BCUT2D eigenvalue weighted by Crippen LogP contribution is -2.46. The van der Waals surface area contributed by atoms with E-state index in [2.05, 4.69) is 10.6 Å². The van der Waals surface area contributed by atoms with Gasteiger partial charge in [0.25, 0.3) is 5.91 Å². The van der Waals surface area contributed by atoms with E-state index < -0.39 is 6.04 Å². The number of halogens is 1. The van der Waals surface area contributed by atoms with E-state index in [1.165, 1.54) is 11.0 Å². The van der Waals surface area contributed by atoms with Crippen molar-refractivity contribution < 1.29 is 9.18 Å². The largest absolute Gasteiger partial charge is 0.351 e. The number of amides is 1. The number of hydrogen-bond donors (Lipinski definition) is 2. The molecule has 4 nitrogen and oxygen atoms in total. The molecule has 0 aliphatic carbocycles. The van der Waals surface area contributed by atoms with Gasteiger partial charge in [0, 0.05) is 25.4 Å². The molecule has 0 bridgehead atoms. The van der Waals surface area contributed by atoms with Crippen LogP contribution in [0.4, 0.5) is 4.39 Å². The maximum atomic E-state index is 14.0. The zero-order valence-electron chi connectivity index (χ0n) is 11.5. The van der Waals surface area contributed by atoms with Gasteiger partial charge in [-0.25, -0.2) is 4.39 Å². The number of benzene rings is 1. The zero-order valence-corrected chi connectivity index (χ0v) is 12.3. The molecule has 1 unspecified atom stereocenters. The summed E-state index contributed by atoms with van der Waals surface area (Å²) in [5.41, 5.74) is 1.51. The lowest BCUT2D eigenvalue weighted by Gasteiger charge is -2.31. The van der Waals surface area contributed by atoms with Crippen LogP contribution < -0.4 is 10.6 Å². The zero-order chi connectivity index (χ0) is 14.9. The summed E-state index contributed by atoms with van der Waals surface area (Å²) in [4.78, 5) is 13.8. The topological polar surface area (TPSA) is 44.4 Å². The molecule has 0 saturated heterocycles. The van der Waals surface area contributed by atoms with Crippen LogP contribution in [0, 0.1) is 5.82 Å². The third-order valence-corrected chi connectivity index (χ3v) is 3.34. The van der Waals surface area contributed by atoms with Gasteiger partial charge >= 0.3 is 0 Å². The quantitative estimate of drug-likeness (QED) is 0.815. The van der Waals surface area contributed by atoms with Gasteiger partial charge in [-0.3, -0.25) is 4.79 Å². The summed E-state index contributed by atoms with van der Waals surface area (Å²) in [7, 11) is 3.32. The number of rotatable bonds is 2. The second-order valence-corrected chi connectivity index (χ2v) is 5.20. The molecule has 1 aliphatic rings. The molecule has 0 radical (unpaired) electrons. The number of carbonyl (C=O) groups is 1. The number of thiocarbonyl (C=S) groups is 1. The van der Waals surface area contributed by atoms with Crippen molar-refractivity contribution in [2.45, 2.75) is 13.0 Å². The van der Waals surface area contributed by atoms with E-state index in [1.807, 2.05) is 0 Å². The van der Waals surface area contributed by atoms with Gasteiger partial charge in [0.05, 0.1) is 11.6 Å². The van der Waals surface area contributed by atoms with Crippen molar-refractivity contribution in [1.82, 2.24) is 15.5 Å². The lowest BCUT2D eigenvalue weighted by molar-refractivity contribution is -0.125. The number of likely N-dealkylation sites (N-methyl/N-ethyl adjacent to an activating group) is 1. The van der Waals surface area contributed by atoms with Crippen LogP contribution in [-0.2, 0) is 4.79 Å². The molecule has 0 saturated carbocycles. The molecular weight excluding hydrogens is 277 g/mol. The van der Waals surface area contributed by atoms with Crippen LogP contribution >= 0.6 is 12.2 Å². The first-order valence-electron chi connectivity index (χ1n) is 6.16. The molecule has 1 heterocycles. The summed E-state index contributed by atoms with van der Waals surface area (Å²) in [5.74, 6) is -0.551. The van der Waals surface area contributed by atoms with E-state index in [4.69, 9.17) is 12.2 Å². The fraction of sp³-hybridized carbons (Fsp3) is 0.286. The molecule has 1 aromatic carbocycles. The summed E-state index contributed by atoms with van der Waals surface area (Å²) in [6.07, 6.45) is 0. The molecule has 2 N–H and O–H groups in total. The van der Waals surface area contributed by atoms with Crippen LogP contribution in [0.3, 0.4) is 0 Å². The standard InChI is InChI=1S/C14H16FN3OS/c1-8-11(13(19)18(2)3)12(17-14(20)16-8)9-6-4-5-7-10(9)15/h4-7,12H,1-3H3,(H2,16,17,20). The van der Waals surface area contributed by atoms with Crippen molar-refractivity contribution in [3.05, 3.63) is 46.9 Å². The number of carbonyl (C=O) groups excluding carboxylic acids is 1.